The SMILES string of the molecule is CN=C(NCc1ccc(N2CCCC2=O)cc1)N1CCc2ccccc21. The van der Waals surface area contributed by atoms with Gasteiger partial charge >= 0.3 is 0 Å². The third-order valence-corrected chi connectivity index (χ3v) is 5.13. The van der Waals surface area contributed by atoms with Crippen molar-refractivity contribution in [2.24, 2.45) is 4.99 Å². The smallest absolute Gasteiger partial charge is 0.227 e. The second kappa shape index (κ2) is 7.20. The van der Waals surface area contributed by atoms with Gasteiger partial charge in [-0.05, 0) is 42.2 Å². The van der Waals surface area contributed by atoms with Crippen LogP contribution in [0.4, 0.5) is 11.4 Å². The summed E-state index contributed by atoms with van der Waals surface area (Å²) in [4.78, 5) is 20.4. The Morgan fingerprint density at radius 3 is 2.62 bits per heavy atom. The van der Waals surface area contributed by atoms with Gasteiger partial charge < -0.3 is 15.1 Å². The molecule has 0 radical (unpaired) electrons. The first-order valence-electron chi connectivity index (χ1n) is 9.21. The number of nitrogens with zero attached hydrogens (tertiary/aromatic N) is 3. The monoisotopic (exact) mass is 348 g/mol. The number of carbonyl (C=O) groups excluding carboxylic acids is 1. The highest BCUT2D eigenvalue weighted by molar-refractivity contribution is 5.98. The summed E-state index contributed by atoms with van der Waals surface area (Å²) in [5.41, 5.74) is 4.78. The molecule has 0 spiro atoms. The van der Waals surface area contributed by atoms with E-state index in [2.05, 4.69) is 51.6 Å². The van der Waals surface area contributed by atoms with Crippen LogP contribution in [-0.4, -0.2) is 32.0 Å². The van der Waals surface area contributed by atoms with Gasteiger partial charge in [-0.15, -0.1) is 0 Å². The Kier molecular flexibility index (Phi) is 4.61. The number of amides is 1. The average Bonchev–Trinajstić information content (AvgIpc) is 3.30. The molecular weight excluding hydrogens is 324 g/mol. The molecule has 1 fully saturated rings. The van der Waals surface area contributed by atoms with Gasteiger partial charge in [-0.1, -0.05) is 30.3 Å². The molecule has 5 nitrogen and oxygen atoms in total. The predicted octanol–water partition coefficient (Wildman–Crippen LogP) is 2.95. The van der Waals surface area contributed by atoms with Crippen LogP contribution in [-0.2, 0) is 17.8 Å². The van der Waals surface area contributed by atoms with Crippen molar-refractivity contribution < 1.29 is 4.79 Å². The van der Waals surface area contributed by atoms with Gasteiger partial charge in [0.15, 0.2) is 5.96 Å². The number of benzene rings is 2. The van der Waals surface area contributed by atoms with Gasteiger partial charge in [-0.25, -0.2) is 0 Å². The van der Waals surface area contributed by atoms with E-state index in [0.29, 0.717) is 13.0 Å². The van der Waals surface area contributed by atoms with Gasteiger partial charge in [-0.3, -0.25) is 9.79 Å². The third kappa shape index (κ3) is 3.17. The van der Waals surface area contributed by atoms with E-state index < -0.39 is 0 Å². The van der Waals surface area contributed by atoms with E-state index in [0.717, 1.165) is 37.6 Å². The Bertz CT molecular complexity index is 828. The maximum atomic E-state index is 11.9. The highest BCUT2D eigenvalue weighted by atomic mass is 16.2. The summed E-state index contributed by atoms with van der Waals surface area (Å²) in [5, 5.41) is 3.46. The molecule has 4 rings (SSSR count). The second-order valence-corrected chi connectivity index (χ2v) is 6.75. The Balaban J connectivity index is 1.41. The Morgan fingerprint density at radius 1 is 1.08 bits per heavy atom. The van der Waals surface area contributed by atoms with Crippen LogP contribution < -0.4 is 15.1 Å². The van der Waals surface area contributed by atoms with Gasteiger partial charge in [0.2, 0.25) is 5.91 Å². The number of carbonyl (C=O) groups is 1. The van der Waals surface area contributed by atoms with Crippen LogP contribution in [0.3, 0.4) is 0 Å². The minimum absolute atomic E-state index is 0.226. The van der Waals surface area contributed by atoms with Crippen molar-refractivity contribution in [3.8, 4) is 0 Å². The first-order chi connectivity index (χ1) is 12.8. The van der Waals surface area contributed by atoms with Gasteiger partial charge in [0, 0.05) is 44.5 Å². The normalized spacial score (nSPS) is 17.0. The van der Waals surface area contributed by atoms with Gasteiger partial charge in [-0.2, -0.15) is 0 Å². The highest BCUT2D eigenvalue weighted by Crippen LogP contribution is 2.27. The van der Waals surface area contributed by atoms with Crippen molar-refractivity contribution in [2.45, 2.75) is 25.8 Å². The minimum atomic E-state index is 0.226. The number of para-hydroxylation sites is 1. The number of fused-ring (bicyclic) bond motifs is 1. The Hall–Kier alpha value is -2.82. The van der Waals surface area contributed by atoms with Crippen molar-refractivity contribution in [3.05, 3.63) is 59.7 Å². The first kappa shape index (κ1) is 16.6. The van der Waals surface area contributed by atoms with Crippen LogP contribution in [0.1, 0.15) is 24.0 Å². The van der Waals surface area contributed by atoms with Gasteiger partial charge in [0.1, 0.15) is 0 Å². The molecule has 134 valence electrons. The number of hydrogen-bond donors (Lipinski definition) is 1. The fourth-order valence-corrected chi connectivity index (χ4v) is 3.75. The molecule has 1 amide bonds. The van der Waals surface area contributed by atoms with E-state index in [1.807, 2.05) is 24.1 Å². The lowest BCUT2D eigenvalue weighted by Gasteiger charge is -2.22. The first-order valence-corrected chi connectivity index (χ1v) is 9.21. The number of anilines is 2. The molecule has 2 aliphatic rings. The lowest BCUT2D eigenvalue weighted by Crippen LogP contribution is -2.40. The van der Waals surface area contributed by atoms with E-state index >= 15 is 0 Å². The molecule has 0 aromatic heterocycles. The largest absolute Gasteiger partial charge is 0.352 e. The molecule has 2 aromatic carbocycles. The van der Waals surface area contributed by atoms with Crippen LogP contribution in [0.15, 0.2) is 53.5 Å². The molecule has 1 N–H and O–H groups in total. The molecule has 0 bridgehead atoms. The summed E-state index contributed by atoms with van der Waals surface area (Å²) >= 11 is 0. The van der Waals surface area contributed by atoms with Gasteiger partial charge in [0.05, 0.1) is 0 Å². The van der Waals surface area contributed by atoms with Crippen LogP contribution in [0.2, 0.25) is 0 Å². The zero-order chi connectivity index (χ0) is 17.9. The molecule has 26 heavy (non-hydrogen) atoms. The van der Waals surface area contributed by atoms with E-state index in [1.54, 1.807) is 0 Å². The van der Waals surface area contributed by atoms with Crippen molar-refractivity contribution in [1.29, 1.82) is 0 Å². The summed E-state index contributed by atoms with van der Waals surface area (Å²) in [5.74, 6) is 1.12. The second-order valence-electron chi connectivity index (χ2n) is 6.75. The average molecular weight is 348 g/mol. The number of aliphatic imine (C=N–C) groups is 1. The third-order valence-electron chi connectivity index (χ3n) is 5.13. The number of rotatable bonds is 3. The summed E-state index contributed by atoms with van der Waals surface area (Å²) in [6.07, 6.45) is 2.67. The molecule has 2 aromatic rings. The fourth-order valence-electron chi connectivity index (χ4n) is 3.75. The van der Waals surface area contributed by atoms with Crippen LogP contribution in [0, 0.1) is 0 Å². The number of nitrogens with one attached hydrogen (secondary N) is 1. The van der Waals surface area contributed by atoms with E-state index in [-0.39, 0.29) is 5.91 Å². The van der Waals surface area contributed by atoms with Crippen molar-refractivity contribution in [2.75, 3.05) is 29.9 Å². The fraction of sp³-hybridized carbons (Fsp3) is 0.333. The summed E-state index contributed by atoms with van der Waals surface area (Å²) in [7, 11) is 1.82. The van der Waals surface area contributed by atoms with Crippen molar-refractivity contribution in [1.82, 2.24) is 5.32 Å². The van der Waals surface area contributed by atoms with Crippen molar-refractivity contribution in [3.63, 3.8) is 0 Å². The summed E-state index contributed by atoms with van der Waals surface area (Å²) in [6, 6.07) is 16.7. The maximum Gasteiger partial charge on any atom is 0.227 e. The molecule has 0 saturated carbocycles. The highest BCUT2D eigenvalue weighted by Gasteiger charge is 2.23. The summed E-state index contributed by atoms with van der Waals surface area (Å²) in [6.45, 7) is 2.49. The van der Waals surface area contributed by atoms with E-state index in [4.69, 9.17) is 0 Å². The topological polar surface area (TPSA) is 47.9 Å². The molecule has 1 saturated heterocycles. The predicted molar refractivity (Wildman–Crippen MR) is 106 cm³/mol. The van der Waals surface area contributed by atoms with Crippen molar-refractivity contribution >= 4 is 23.2 Å². The maximum absolute atomic E-state index is 11.9. The molecule has 5 heteroatoms. The lowest BCUT2D eigenvalue weighted by molar-refractivity contribution is -0.117. The van der Waals surface area contributed by atoms with Gasteiger partial charge in [0.25, 0.3) is 0 Å². The van der Waals surface area contributed by atoms with E-state index in [1.165, 1.54) is 16.8 Å². The molecule has 0 aliphatic carbocycles. The summed E-state index contributed by atoms with van der Waals surface area (Å²) < 4.78 is 0. The molecule has 2 aliphatic heterocycles. The number of guanidine groups is 1. The lowest BCUT2D eigenvalue weighted by atomic mass is 10.2. The zero-order valence-electron chi connectivity index (χ0n) is 15.1. The Labute approximate surface area is 154 Å². The zero-order valence-corrected chi connectivity index (χ0v) is 15.1. The minimum Gasteiger partial charge on any atom is -0.352 e. The van der Waals surface area contributed by atoms with Crippen LogP contribution >= 0.6 is 0 Å². The standard InChI is InChI=1S/C21H24N4O/c1-22-21(25-14-12-17-5-2-3-6-19(17)25)23-15-16-8-10-18(11-9-16)24-13-4-7-20(24)26/h2-3,5-6,8-11H,4,7,12-15H2,1H3,(H,22,23). The van der Waals surface area contributed by atoms with Crippen LogP contribution in [0.5, 0.6) is 0 Å². The van der Waals surface area contributed by atoms with E-state index in [9.17, 15) is 4.79 Å². The number of hydrogen-bond acceptors (Lipinski definition) is 2. The molecule has 0 atom stereocenters. The van der Waals surface area contributed by atoms with Crippen LogP contribution in [0.25, 0.3) is 0 Å². The quantitative estimate of drug-likeness (QED) is 0.685. The molecule has 2 heterocycles. The Morgan fingerprint density at radius 2 is 1.88 bits per heavy atom. The molecule has 0 unspecified atom stereocenters. The molecular formula is C21H24N4O.